The van der Waals surface area contributed by atoms with E-state index in [2.05, 4.69) is 6.58 Å². The van der Waals surface area contributed by atoms with Crippen LogP contribution in [-0.4, -0.2) is 8.42 Å². The Morgan fingerprint density at radius 2 is 1.88 bits per heavy atom. The van der Waals surface area contributed by atoms with Gasteiger partial charge in [0.1, 0.15) is 0 Å². The van der Waals surface area contributed by atoms with Crippen molar-refractivity contribution < 1.29 is 8.42 Å². The third-order valence-corrected chi connectivity index (χ3v) is 4.83. The number of hydrogen-bond acceptors (Lipinski definition) is 2. The summed E-state index contributed by atoms with van der Waals surface area (Å²) in [6.07, 6.45) is 6.17. The van der Waals surface area contributed by atoms with Crippen LogP contribution in [0.2, 0.25) is 0 Å². The zero-order valence-corrected chi connectivity index (χ0v) is 10.7. The first-order chi connectivity index (χ1) is 8.13. The Morgan fingerprint density at radius 1 is 1.18 bits per heavy atom. The van der Waals surface area contributed by atoms with E-state index in [0.29, 0.717) is 10.8 Å². The summed E-state index contributed by atoms with van der Waals surface area (Å²) in [5, 5.41) is 1.02. The smallest absolute Gasteiger partial charge is 0.199 e. The summed E-state index contributed by atoms with van der Waals surface area (Å²) < 4.78 is 23.4. The van der Waals surface area contributed by atoms with E-state index in [1.807, 2.05) is 18.2 Å². The highest BCUT2D eigenvalue weighted by molar-refractivity contribution is 7.94. The molecule has 1 aromatic carbocycles. The summed E-state index contributed by atoms with van der Waals surface area (Å²) in [7, 11) is -3.30. The molecule has 92 valence electrons. The zero-order valence-electron chi connectivity index (χ0n) is 9.93. The molecule has 0 atom stereocenters. The molecule has 2 nitrogen and oxygen atoms in total. The van der Waals surface area contributed by atoms with Crippen LogP contribution in [0.5, 0.6) is 0 Å². The topological polar surface area (TPSA) is 34.1 Å². The Kier molecular flexibility index (Phi) is 3.67. The first-order valence-corrected chi connectivity index (χ1v) is 7.65. The lowest BCUT2D eigenvalue weighted by atomic mass is 9.84. The molecule has 0 spiro atoms. The van der Waals surface area contributed by atoms with E-state index in [9.17, 15) is 8.42 Å². The molecule has 0 heterocycles. The summed E-state index contributed by atoms with van der Waals surface area (Å²) in [4.78, 5) is 0.371. The fraction of sp³-hybridized carbons (Fsp3) is 0.429. The van der Waals surface area contributed by atoms with Crippen LogP contribution in [0.1, 0.15) is 43.6 Å². The predicted octanol–water partition coefficient (Wildman–Crippen LogP) is 3.65. The average Bonchev–Trinajstić information content (AvgIpc) is 2.40. The Labute approximate surface area is 103 Å². The van der Waals surface area contributed by atoms with Gasteiger partial charge in [0.05, 0.1) is 4.90 Å². The minimum atomic E-state index is -3.30. The van der Waals surface area contributed by atoms with Gasteiger partial charge in [0.15, 0.2) is 9.84 Å². The molecule has 0 saturated heterocycles. The lowest BCUT2D eigenvalue weighted by Gasteiger charge is -2.22. The van der Waals surface area contributed by atoms with Gasteiger partial charge in [0.25, 0.3) is 0 Å². The van der Waals surface area contributed by atoms with Crippen LogP contribution < -0.4 is 0 Å². The van der Waals surface area contributed by atoms with E-state index >= 15 is 0 Å². The highest BCUT2D eigenvalue weighted by Crippen LogP contribution is 2.33. The van der Waals surface area contributed by atoms with Crippen LogP contribution >= 0.6 is 0 Å². The van der Waals surface area contributed by atoms with Gasteiger partial charge in [-0.3, -0.25) is 0 Å². The van der Waals surface area contributed by atoms with E-state index in [0.717, 1.165) is 11.0 Å². The van der Waals surface area contributed by atoms with E-state index in [-0.39, 0.29) is 0 Å². The van der Waals surface area contributed by atoms with Crippen molar-refractivity contribution in [2.75, 3.05) is 0 Å². The fourth-order valence-electron chi connectivity index (χ4n) is 2.48. The second-order valence-electron chi connectivity index (χ2n) is 4.62. The van der Waals surface area contributed by atoms with Gasteiger partial charge >= 0.3 is 0 Å². The van der Waals surface area contributed by atoms with Crippen LogP contribution in [0.3, 0.4) is 0 Å². The second kappa shape index (κ2) is 5.05. The molecule has 2 rings (SSSR count). The van der Waals surface area contributed by atoms with Crippen LogP contribution in [-0.2, 0) is 9.84 Å². The Morgan fingerprint density at radius 3 is 2.53 bits per heavy atom. The first-order valence-electron chi connectivity index (χ1n) is 6.11. The SMILES string of the molecule is C=CS(=O)(=O)c1cccc(C2CCCCC2)c1. The molecule has 1 aliphatic rings. The highest BCUT2D eigenvalue weighted by Gasteiger charge is 2.17. The van der Waals surface area contributed by atoms with Crippen molar-refractivity contribution in [2.24, 2.45) is 0 Å². The van der Waals surface area contributed by atoms with Crippen molar-refractivity contribution in [1.82, 2.24) is 0 Å². The van der Waals surface area contributed by atoms with Crippen LogP contribution in [0.25, 0.3) is 0 Å². The molecular weight excluding hydrogens is 232 g/mol. The first kappa shape index (κ1) is 12.4. The molecule has 0 bridgehead atoms. The van der Waals surface area contributed by atoms with E-state index in [1.54, 1.807) is 6.07 Å². The Bertz CT molecular complexity index is 497. The lowest BCUT2D eigenvalue weighted by Crippen LogP contribution is -2.05. The van der Waals surface area contributed by atoms with Gasteiger partial charge in [-0.2, -0.15) is 0 Å². The van der Waals surface area contributed by atoms with Gasteiger partial charge in [-0.25, -0.2) is 8.42 Å². The van der Waals surface area contributed by atoms with Gasteiger partial charge in [0.2, 0.25) is 0 Å². The molecule has 1 aromatic rings. The third kappa shape index (κ3) is 2.78. The summed E-state index contributed by atoms with van der Waals surface area (Å²) in [6.45, 7) is 3.36. The number of benzene rings is 1. The van der Waals surface area contributed by atoms with Crippen molar-refractivity contribution in [3.63, 3.8) is 0 Å². The van der Waals surface area contributed by atoms with Gasteiger partial charge in [-0.15, -0.1) is 0 Å². The maximum Gasteiger partial charge on any atom is 0.199 e. The second-order valence-corrected chi connectivity index (χ2v) is 6.51. The molecule has 1 fully saturated rings. The summed E-state index contributed by atoms with van der Waals surface area (Å²) in [6, 6.07) is 7.33. The predicted molar refractivity (Wildman–Crippen MR) is 69.7 cm³/mol. The largest absolute Gasteiger partial charge is 0.219 e. The van der Waals surface area contributed by atoms with Crippen LogP contribution in [0.4, 0.5) is 0 Å². The van der Waals surface area contributed by atoms with E-state index < -0.39 is 9.84 Å². The third-order valence-electron chi connectivity index (χ3n) is 3.48. The van der Waals surface area contributed by atoms with E-state index in [1.165, 1.54) is 32.1 Å². The van der Waals surface area contributed by atoms with Gasteiger partial charge in [-0.05, 0) is 36.5 Å². The fourth-order valence-corrected chi connectivity index (χ4v) is 3.24. The Hall–Kier alpha value is -1.09. The maximum atomic E-state index is 11.7. The molecule has 3 heteroatoms. The number of sulfone groups is 1. The standard InChI is InChI=1S/C14H18O2S/c1-2-17(15,16)14-10-6-9-13(11-14)12-7-4-3-5-8-12/h2,6,9-12H,1,3-5,7-8H2. The molecule has 0 aromatic heterocycles. The summed E-state index contributed by atoms with van der Waals surface area (Å²) in [5.41, 5.74) is 1.16. The highest BCUT2D eigenvalue weighted by atomic mass is 32.2. The van der Waals surface area contributed by atoms with Gasteiger partial charge in [0, 0.05) is 5.41 Å². The number of hydrogen-bond donors (Lipinski definition) is 0. The summed E-state index contributed by atoms with van der Waals surface area (Å²) in [5.74, 6) is 0.531. The van der Waals surface area contributed by atoms with Crippen molar-refractivity contribution in [3.8, 4) is 0 Å². The average molecular weight is 250 g/mol. The van der Waals surface area contributed by atoms with Crippen molar-refractivity contribution in [1.29, 1.82) is 0 Å². The molecule has 17 heavy (non-hydrogen) atoms. The zero-order chi connectivity index (χ0) is 12.3. The van der Waals surface area contributed by atoms with Crippen molar-refractivity contribution in [3.05, 3.63) is 41.8 Å². The van der Waals surface area contributed by atoms with Gasteiger partial charge < -0.3 is 0 Å². The van der Waals surface area contributed by atoms with Crippen molar-refractivity contribution >= 4 is 9.84 Å². The Balaban J connectivity index is 2.31. The monoisotopic (exact) mass is 250 g/mol. The number of rotatable bonds is 3. The molecular formula is C14H18O2S. The summed E-state index contributed by atoms with van der Waals surface area (Å²) >= 11 is 0. The minimum Gasteiger partial charge on any atom is -0.219 e. The molecule has 1 saturated carbocycles. The van der Waals surface area contributed by atoms with Crippen LogP contribution in [0, 0.1) is 0 Å². The van der Waals surface area contributed by atoms with E-state index in [4.69, 9.17) is 0 Å². The normalized spacial score (nSPS) is 17.9. The quantitative estimate of drug-likeness (QED) is 0.820. The molecule has 1 aliphatic carbocycles. The van der Waals surface area contributed by atoms with Crippen molar-refractivity contribution in [2.45, 2.75) is 42.9 Å². The molecule has 0 aliphatic heterocycles. The molecule has 0 amide bonds. The van der Waals surface area contributed by atoms with Gasteiger partial charge in [-0.1, -0.05) is 38.0 Å². The van der Waals surface area contributed by atoms with Crippen LogP contribution in [0.15, 0.2) is 41.1 Å². The molecule has 0 unspecified atom stereocenters. The molecule has 0 radical (unpaired) electrons. The maximum absolute atomic E-state index is 11.7. The molecule has 0 N–H and O–H groups in total. The lowest BCUT2D eigenvalue weighted by molar-refractivity contribution is 0.443. The minimum absolute atomic E-state index is 0.371.